The predicted octanol–water partition coefficient (Wildman–Crippen LogP) is 1.98. The number of hydrogen-bond donors (Lipinski definition) is 3. The topological polar surface area (TPSA) is 87.7 Å². The van der Waals surface area contributed by atoms with Crippen LogP contribution in [0.25, 0.3) is 0 Å². The van der Waals surface area contributed by atoms with Crippen molar-refractivity contribution in [3.63, 3.8) is 0 Å². The van der Waals surface area contributed by atoms with Crippen LogP contribution < -0.4 is 10.6 Å². The average Bonchev–Trinajstić information content (AvgIpc) is 2.44. The lowest BCUT2D eigenvalue weighted by Crippen LogP contribution is -2.50. The monoisotopic (exact) mass is 346 g/mol. The van der Waals surface area contributed by atoms with Gasteiger partial charge in [0, 0.05) is 12.1 Å². The highest BCUT2D eigenvalue weighted by atomic mass is 35.5. The van der Waals surface area contributed by atoms with E-state index in [0.29, 0.717) is 0 Å². The van der Waals surface area contributed by atoms with E-state index < -0.39 is 36.1 Å². The van der Waals surface area contributed by atoms with Gasteiger partial charge in [0.2, 0.25) is 5.91 Å². The highest BCUT2D eigenvalue weighted by Crippen LogP contribution is 2.17. The zero-order chi connectivity index (χ0) is 17.6. The second kappa shape index (κ2) is 8.12. The molecular formula is C15H20ClFN2O4. The number of hydrogen-bond acceptors (Lipinski definition) is 4. The Morgan fingerprint density at radius 3 is 2.61 bits per heavy atom. The third-order valence-corrected chi connectivity index (χ3v) is 2.97. The molecule has 8 heteroatoms. The van der Waals surface area contributed by atoms with E-state index in [0.717, 1.165) is 0 Å². The fraction of sp³-hybridized carbons (Fsp3) is 0.467. The average molecular weight is 347 g/mol. The lowest BCUT2D eigenvalue weighted by molar-refractivity contribution is -0.124. The Morgan fingerprint density at radius 2 is 2.04 bits per heavy atom. The standard InChI is InChI=1S/C15H20ClFN2O4/c1-15(2,3)23-14(22)19-11(8-20)13(21)18-7-9-5-4-6-10(16)12(9)17/h4-6,11,20H,7-8H2,1-3H3,(H,18,21)(H,19,22)/t11-/m0/s1. The molecule has 0 saturated heterocycles. The van der Waals surface area contributed by atoms with Gasteiger partial charge in [-0.2, -0.15) is 0 Å². The van der Waals surface area contributed by atoms with Crippen molar-refractivity contribution in [2.24, 2.45) is 0 Å². The summed E-state index contributed by atoms with van der Waals surface area (Å²) in [6, 6.07) is 3.21. The molecule has 0 aliphatic rings. The summed E-state index contributed by atoms with van der Waals surface area (Å²) in [4.78, 5) is 23.6. The summed E-state index contributed by atoms with van der Waals surface area (Å²) < 4.78 is 18.7. The molecule has 0 radical (unpaired) electrons. The molecule has 0 bridgehead atoms. The summed E-state index contributed by atoms with van der Waals surface area (Å²) in [5, 5.41) is 13.8. The quantitative estimate of drug-likeness (QED) is 0.760. The SMILES string of the molecule is CC(C)(C)OC(=O)N[C@@H](CO)C(=O)NCc1cccc(Cl)c1F. The van der Waals surface area contributed by atoms with Gasteiger partial charge in [0.25, 0.3) is 0 Å². The molecule has 1 atom stereocenters. The van der Waals surface area contributed by atoms with Crippen molar-refractivity contribution in [1.29, 1.82) is 0 Å². The van der Waals surface area contributed by atoms with Crippen LogP contribution in [0.4, 0.5) is 9.18 Å². The molecule has 1 aromatic carbocycles. The Labute approximate surface area is 139 Å². The molecule has 1 aromatic rings. The molecule has 6 nitrogen and oxygen atoms in total. The summed E-state index contributed by atoms with van der Waals surface area (Å²) in [6.07, 6.45) is -0.833. The van der Waals surface area contributed by atoms with Crippen LogP contribution in [0.1, 0.15) is 26.3 Å². The fourth-order valence-corrected chi connectivity index (χ4v) is 1.83. The molecule has 0 aliphatic heterocycles. The van der Waals surface area contributed by atoms with Crippen LogP contribution in [0.15, 0.2) is 18.2 Å². The molecule has 0 spiro atoms. The van der Waals surface area contributed by atoms with Crippen molar-refractivity contribution in [2.75, 3.05) is 6.61 Å². The predicted molar refractivity (Wildman–Crippen MR) is 83.5 cm³/mol. The number of nitrogens with one attached hydrogen (secondary N) is 2. The fourth-order valence-electron chi connectivity index (χ4n) is 1.63. The van der Waals surface area contributed by atoms with E-state index in [4.69, 9.17) is 16.3 Å². The van der Waals surface area contributed by atoms with Crippen LogP contribution in [0, 0.1) is 5.82 Å². The Bertz CT molecular complexity index is 575. The lowest BCUT2D eigenvalue weighted by Gasteiger charge is -2.22. The Hall–Kier alpha value is -1.86. The number of rotatable bonds is 5. The molecule has 128 valence electrons. The van der Waals surface area contributed by atoms with E-state index in [1.807, 2.05) is 0 Å². The van der Waals surface area contributed by atoms with E-state index >= 15 is 0 Å². The third-order valence-electron chi connectivity index (χ3n) is 2.67. The van der Waals surface area contributed by atoms with Crippen molar-refractivity contribution in [1.82, 2.24) is 10.6 Å². The smallest absolute Gasteiger partial charge is 0.408 e. The van der Waals surface area contributed by atoms with Crippen molar-refractivity contribution in [3.05, 3.63) is 34.6 Å². The molecule has 3 N–H and O–H groups in total. The first-order valence-corrected chi connectivity index (χ1v) is 7.33. The minimum Gasteiger partial charge on any atom is -0.444 e. The Kier molecular flexibility index (Phi) is 6.78. The van der Waals surface area contributed by atoms with Gasteiger partial charge in [-0.05, 0) is 26.8 Å². The van der Waals surface area contributed by atoms with Crippen LogP contribution >= 0.6 is 11.6 Å². The molecule has 0 heterocycles. The van der Waals surface area contributed by atoms with Crippen LogP contribution in [-0.4, -0.2) is 35.4 Å². The number of benzene rings is 1. The minimum absolute atomic E-state index is 0.0534. The Morgan fingerprint density at radius 1 is 1.39 bits per heavy atom. The summed E-state index contributed by atoms with van der Waals surface area (Å²) in [6.45, 7) is 4.26. The summed E-state index contributed by atoms with van der Waals surface area (Å²) >= 11 is 5.65. The molecule has 1 rings (SSSR count). The van der Waals surface area contributed by atoms with E-state index in [1.165, 1.54) is 12.1 Å². The zero-order valence-electron chi connectivity index (χ0n) is 13.2. The van der Waals surface area contributed by atoms with E-state index in [1.54, 1.807) is 26.8 Å². The maximum Gasteiger partial charge on any atom is 0.408 e. The Balaban J connectivity index is 2.60. The van der Waals surface area contributed by atoms with Gasteiger partial charge in [-0.3, -0.25) is 4.79 Å². The van der Waals surface area contributed by atoms with Gasteiger partial charge in [-0.1, -0.05) is 23.7 Å². The first-order chi connectivity index (χ1) is 10.6. The van der Waals surface area contributed by atoms with Gasteiger partial charge in [0.1, 0.15) is 17.5 Å². The maximum atomic E-state index is 13.7. The molecule has 2 amide bonds. The zero-order valence-corrected chi connectivity index (χ0v) is 13.9. The van der Waals surface area contributed by atoms with Gasteiger partial charge in [0.05, 0.1) is 11.6 Å². The van der Waals surface area contributed by atoms with E-state index in [9.17, 15) is 19.1 Å². The lowest BCUT2D eigenvalue weighted by atomic mass is 10.2. The number of aliphatic hydroxyl groups excluding tert-OH is 1. The highest BCUT2D eigenvalue weighted by Gasteiger charge is 2.23. The van der Waals surface area contributed by atoms with Gasteiger partial charge < -0.3 is 20.5 Å². The number of aliphatic hydroxyl groups is 1. The second-order valence-corrected chi connectivity index (χ2v) is 6.22. The van der Waals surface area contributed by atoms with Gasteiger partial charge in [-0.25, -0.2) is 9.18 Å². The third kappa shape index (κ3) is 6.42. The molecule has 23 heavy (non-hydrogen) atoms. The summed E-state index contributed by atoms with van der Waals surface area (Å²) in [7, 11) is 0. The maximum absolute atomic E-state index is 13.7. The molecule has 0 fully saturated rings. The summed E-state index contributed by atoms with van der Waals surface area (Å²) in [5.74, 6) is -1.30. The van der Waals surface area contributed by atoms with Gasteiger partial charge in [-0.15, -0.1) is 0 Å². The van der Waals surface area contributed by atoms with Crippen molar-refractivity contribution in [2.45, 2.75) is 39.0 Å². The molecule has 0 aliphatic carbocycles. The highest BCUT2D eigenvalue weighted by molar-refractivity contribution is 6.30. The minimum atomic E-state index is -1.20. The van der Waals surface area contributed by atoms with Crippen LogP contribution in [0.2, 0.25) is 5.02 Å². The largest absolute Gasteiger partial charge is 0.444 e. The number of amides is 2. The first-order valence-electron chi connectivity index (χ1n) is 6.95. The van der Waals surface area contributed by atoms with Gasteiger partial charge in [0.15, 0.2) is 0 Å². The number of halogens is 2. The normalized spacial score (nSPS) is 12.4. The second-order valence-electron chi connectivity index (χ2n) is 5.81. The molecular weight excluding hydrogens is 327 g/mol. The number of ether oxygens (including phenoxy) is 1. The molecule has 0 unspecified atom stereocenters. The van der Waals surface area contributed by atoms with E-state index in [-0.39, 0.29) is 17.1 Å². The van der Waals surface area contributed by atoms with Gasteiger partial charge >= 0.3 is 6.09 Å². The number of carbonyl (C=O) groups excluding carboxylic acids is 2. The number of carbonyl (C=O) groups is 2. The first kappa shape index (κ1) is 19.2. The molecule has 0 aromatic heterocycles. The van der Waals surface area contributed by atoms with Crippen molar-refractivity contribution < 1.29 is 23.8 Å². The van der Waals surface area contributed by atoms with Crippen LogP contribution in [0.5, 0.6) is 0 Å². The molecule has 0 saturated carbocycles. The van der Waals surface area contributed by atoms with Crippen molar-refractivity contribution in [3.8, 4) is 0 Å². The summed E-state index contributed by atoms with van der Waals surface area (Å²) in [5.41, 5.74) is -0.537. The van der Waals surface area contributed by atoms with Crippen LogP contribution in [0.3, 0.4) is 0 Å². The van der Waals surface area contributed by atoms with E-state index in [2.05, 4.69) is 10.6 Å². The number of alkyl carbamates (subject to hydrolysis) is 1. The van der Waals surface area contributed by atoms with Crippen LogP contribution in [-0.2, 0) is 16.1 Å². The van der Waals surface area contributed by atoms with Crippen molar-refractivity contribution >= 4 is 23.6 Å².